The van der Waals surface area contributed by atoms with Crippen molar-refractivity contribution in [3.05, 3.63) is 30.1 Å². The molecule has 1 aromatic heterocycles. The Morgan fingerprint density at radius 3 is 2.57 bits per heavy atom. The van der Waals surface area contributed by atoms with Crippen molar-refractivity contribution in [1.29, 1.82) is 0 Å². The Labute approximate surface area is 177 Å². The van der Waals surface area contributed by atoms with Gasteiger partial charge in [-0.3, -0.25) is 19.4 Å². The molecule has 3 aliphatic rings. The molecule has 3 fully saturated rings. The van der Waals surface area contributed by atoms with E-state index in [-0.39, 0.29) is 36.4 Å². The normalized spacial score (nSPS) is 25.9. The number of amides is 3. The lowest BCUT2D eigenvalue weighted by atomic mass is 9.94. The number of aromatic nitrogens is 1. The first-order valence-corrected chi connectivity index (χ1v) is 11.0. The zero-order chi connectivity index (χ0) is 20.9. The van der Waals surface area contributed by atoms with Gasteiger partial charge in [0, 0.05) is 37.9 Å². The van der Waals surface area contributed by atoms with Crippen molar-refractivity contribution < 1.29 is 19.1 Å². The van der Waals surface area contributed by atoms with Gasteiger partial charge in [-0.05, 0) is 37.0 Å². The number of carbonyl (C=O) groups is 3. The summed E-state index contributed by atoms with van der Waals surface area (Å²) in [5.41, 5.74) is 1.01. The van der Waals surface area contributed by atoms with Crippen LogP contribution in [0.25, 0.3) is 0 Å². The molecule has 30 heavy (non-hydrogen) atoms. The van der Waals surface area contributed by atoms with E-state index in [1.54, 1.807) is 17.3 Å². The minimum absolute atomic E-state index is 0.0189. The van der Waals surface area contributed by atoms with Crippen LogP contribution >= 0.6 is 0 Å². The largest absolute Gasteiger partial charge is 0.370 e. The summed E-state index contributed by atoms with van der Waals surface area (Å²) in [4.78, 5) is 45.3. The molecule has 4 rings (SSSR count). The second-order valence-corrected chi connectivity index (χ2v) is 8.50. The maximum atomic E-state index is 13.1. The Morgan fingerprint density at radius 2 is 1.87 bits per heavy atom. The van der Waals surface area contributed by atoms with Gasteiger partial charge in [0.2, 0.25) is 17.7 Å². The van der Waals surface area contributed by atoms with Crippen LogP contribution in [0.1, 0.15) is 50.5 Å². The van der Waals surface area contributed by atoms with E-state index in [0.717, 1.165) is 31.2 Å². The molecule has 8 heteroatoms. The number of nitrogens with one attached hydrogen (secondary N) is 1. The fraction of sp³-hybridized carbons (Fsp3) is 0.636. The molecule has 3 amide bonds. The van der Waals surface area contributed by atoms with E-state index in [0.29, 0.717) is 32.5 Å². The highest BCUT2D eigenvalue weighted by Crippen LogP contribution is 2.25. The van der Waals surface area contributed by atoms with E-state index in [4.69, 9.17) is 4.74 Å². The molecular formula is C22H30N4O4. The Kier molecular flexibility index (Phi) is 6.62. The lowest BCUT2D eigenvalue weighted by Crippen LogP contribution is -2.48. The van der Waals surface area contributed by atoms with Gasteiger partial charge in [-0.1, -0.05) is 19.3 Å². The molecule has 1 N–H and O–H groups in total. The molecule has 0 aromatic carbocycles. The monoisotopic (exact) mass is 414 g/mol. The van der Waals surface area contributed by atoms with Crippen molar-refractivity contribution in [2.75, 3.05) is 19.6 Å². The van der Waals surface area contributed by atoms with Gasteiger partial charge < -0.3 is 19.9 Å². The third kappa shape index (κ3) is 4.98. The third-order valence-corrected chi connectivity index (χ3v) is 6.33. The van der Waals surface area contributed by atoms with Crippen molar-refractivity contribution in [2.45, 2.75) is 69.7 Å². The molecule has 2 atom stereocenters. The smallest absolute Gasteiger partial charge is 0.245 e. The summed E-state index contributed by atoms with van der Waals surface area (Å²) in [6.07, 6.45) is 9.52. The van der Waals surface area contributed by atoms with Crippen LogP contribution in [0.5, 0.6) is 0 Å². The van der Waals surface area contributed by atoms with E-state index >= 15 is 0 Å². The standard InChI is InChI=1S/C22H30N4O4/c27-20-7-6-19(24-20)22(29)25-12-18(30-15-16-8-10-23-11-9-16)13-26(21(28)14-25)17-4-2-1-3-5-17/h8-11,17-19H,1-7,12-15H2,(H,24,27)/t18?,19-/m0/s1. The number of ether oxygens (including phenoxy) is 1. The number of carbonyl (C=O) groups excluding carboxylic acids is 3. The zero-order valence-corrected chi connectivity index (χ0v) is 17.3. The lowest BCUT2D eigenvalue weighted by Gasteiger charge is -2.34. The van der Waals surface area contributed by atoms with Gasteiger partial charge in [0.1, 0.15) is 6.04 Å². The van der Waals surface area contributed by atoms with Crippen molar-refractivity contribution in [3.63, 3.8) is 0 Å². The topological polar surface area (TPSA) is 91.8 Å². The van der Waals surface area contributed by atoms with Crippen molar-refractivity contribution in [2.24, 2.45) is 0 Å². The van der Waals surface area contributed by atoms with E-state index < -0.39 is 6.04 Å². The fourth-order valence-corrected chi connectivity index (χ4v) is 4.67. The molecule has 162 valence electrons. The van der Waals surface area contributed by atoms with Gasteiger partial charge in [-0.25, -0.2) is 0 Å². The number of rotatable bonds is 5. The molecular weight excluding hydrogens is 384 g/mol. The summed E-state index contributed by atoms with van der Waals surface area (Å²) in [6, 6.07) is 3.49. The summed E-state index contributed by atoms with van der Waals surface area (Å²) in [5.74, 6) is -0.310. The quantitative estimate of drug-likeness (QED) is 0.783. The van der Waals surface area contributed by atoms with Crippen LogP contribution in [0, 0.1) is 0 Å². The number of hydrogen-bond donors (Lipinski definition) is 1. The molecule has 0 radical (unpaired) electrons. The second-order valence-electron chi connectivity index (χ2n) is 8.50. The molecule has 0 bridgehead atoms. The highest BCUT2D eigenvalue weighted by molar-refractivity contribution is 5.93. The Bertz CT molecular complexity index is 766. The number of hydrogen-bond acceptors (Lipinski definition) is 5. The van der Waals surface area contributed by atoms with Crippen LogP contribution in [0.3, 0.4) is 0 Å². The van der Waals surface area contributed by atoms with Crippen LogP contribution < -0.4 is 5.32 Å². The van der Waals surface area contributed by atoms with Crippen molar-refractivity contribution in [3.8, 4) is 0 Å². The predicted octanol–water partition coefficient (Wildman–Crippen LogP) is 1.25. The SMILES string of the molecule is O=C1CC[C@@H](C(=O)N2CC(=O)N(C3CCCCC3)CC(OCc3ccncc3)C2)N1. The lowest BCUT2D eigenvalue weighted by molar-refractivity contribution is -0.141. The molecule has 1 aliphatic carbocycles. The Balaban J connectivity index is 1.48. The van der Waals surface area contributed by atoms with Gasteiger partial charge in [-0.2, -0.15) is 0 Å². The molecule has 2 saturated heterocycles. The highest BCUT2D eigenvalue weighted by atomic mass is 16.5. The predicted molar refractivity (Wildman–Crippen MR) is 109 cm³/mol. The second kappa shape index (κ2) is 9.55. The first-order chi connectivity index (χ1) is 14.6. The van der Waals surface area contributed by atoms with E-state index in [2.05, 4.69) is 10.3 Å². The van der Waals surface area contributed by atoms with E-state index in [1.807, 2.05) is 17.0 Å². The highest BCUT2D eigenvalue weighted by Gasteiger charge is 2.38. The van der Waals surface area contributed by atoms with Gasteiger partial charge in [0.05, 0.1) is 19.3 Å². The molecule has 0 spiro atoms. The average molecular weight is 415 g/mol. The van der Waals surface area contributed by atoms with Crippen LogP contribution in [-0.2, 0) is 25.7 Å². The molecule has 1 saturated carbocycles. The zero-order valence-electron chi connectivity index (χ0n) is 17.3. The minimum Gasteiger partial charge on any atom is -0.370 e. The first kappa shape index (κ1) is 20.8. The van der Waals surface area contributed by atoms with Crippen LogP contribution in [0.2, 0.25) is 0 Å². The summed E-state index contributed by atoms with van der Waals surface area (Å²) in [7, 11) is 0. The first-order valence-electron chi connectivity index (χ1n) is 11.0. The Morgan fingerprint density at radius 1 is 1.10 bits per heavy atom. The van der Waals surface area contributed by atoms with E-state index in [9.17, 15) is 14.4 Å². The van der Waals surface area contributed by atoms with Gasteiger partial charge in [0.15, 0.2) is 0 Å². The van der Waals surface area contributed by atoms with Crippen molar-refractivity contribution in [1.82, 2.24) is 20.1 Å². The summed E-state index contributed by atoms with van der Waals surface area (Å²) < 4.78 is 6.18. The van der Waals surface area contributed by atoms with E-state index in [1.165, 1.54) is 6.42 Å². The number of nitrogens with zero attached hydrogens (tertiary/aromatic N) is 3. The van der Waals surface area contributed by atoms with Crippen LogP contribution in [-0.4, -0.2) is 70.3 Å². The van der Waals surface area contributed by atoms with Gasteiger partial charge in [0.25, 0.3) is 0 Å². The molecule has 1 aromatic rings. The molecule has 2 aliphatic heterocycles. The third-order valence-electron chi connectivity index (χ3n) is 6.33. The fourth-order valence-electron chi connectivity index (χ4n) is 4.67. The van der Waals surface area contributed by atoms with Crippen LogP contribution in [0.4, 0.5) is 0 Å². The summed E-state index contributed by atoms with van der Waals surface area (Å²) >= 11 is 0. The number of pyridine rings is 1. The molecule has 8 nitrogen and oxygen atoms in total. The Hall–Kier alpha value is -2.48. The molecule has 1 unspecified atom stereocenters. The van der Waals surface area contributed by atoms with Gasteiger partial charge >= 0.3 is 0 Å². The van der Waals surface area contributed by atoms with Crippen LogP contribution in [0.15, 0.2) is 24.5 Å². The maximum absolute atomic E-state index is 13.1. The van der Waals surface area contributed by atoms with Crippen molar-refractivity contribution >= 4 is 17.7 Å². The van der Waals surface area contributed by atoms with Gasteiger partial charge in [-0.15, -0.1) is 0 Å². The molecule has 3 heterocycles. The summed E-state index contributed by atoms with van der Waals surface area (Å²) in [5, 5.41) is 2.73. The maximum Gasteiger partial charge on any atom is 0.245 e. The minimum atomic E-state index is -0.535. The average Bonchev–Trinajstić information content (AvgIpc) is 3.14. The summed E-state index contributed by atoms with van der Waals surface area (Å²) in [6.45, 7) is 1.31.